The second-order valence-electron chi connectivity index (χ2n) is 3.32. The van der Waals surface area contributed by atoms with Gasteiger partial charge in [0.2, 0.25) is 0 Å². The molecule has 0 radical (unpaired) electrons. The number of alkyl halides is 1. The van der Waals surface area contributed by atoms with Crippen LogP contribution in [-0.4, -0.2) is 35.8 Å². The molecule has 2 unspecified atom stereocenters. The Morgan fingerprint density at radius 1 is 1.42 bits per heavy atom. The summed E-state index contributed by atoms with van der Waals surface area (Å²) in [6, 6.07) is 0. The third-order valence-electron chi connectivity index (χ3n) is 1.68. The van der Waals surface area contributed by atoms with E-state index in [0.29, 0.717) is 5.25 Å². The van der Waals surface area contributed by atoms with Crippen molar-refractivity contribution in [3.63, 3.8) is 0 Å². The van der Waals surface area contributed by atoms with Gasteiger partial charge in [0.1, 0.15) is 0 Å². The predicted molar refractivity (Wildman–Crippen MR) is 54.8 cm³/mol. The molecule has 12 heavy (non-hydrogen) atoms. The van der Waals surface area contributed by atoms with Crippen LogP contribution in [0.1, 0.15) is 13.8 Å². The van der Waals surface area contributed by atoms with Crippen molar-refractivity contribution in [1.29, 1.82) is 0 Å². The molecule has 1 aliphatic heterocycles. The lowest BCUT2D eigenvalue weighted by atomic mass is 10.4. The minimum Gasteiger partial charge on any atom is -0.229 e. The third kappa shape index (κ3) is 2.82. The van der Waals surface area contributed by atoms with Gasteiger partial charge in [0, 0.05) is 5.25 Å². The molecule has 1 fully saturated rings. The summed E-state index contributed by atoms with van der Waals surface area (Å²) in [6.45, 7) is 4.11. The smallest absolute Gasteiger partial charge is 0.152 e. The van der Waals surface area contributed by atoms with Crippen molar-refractivity contribution < 1.29 is 8.42 Å². The Morgan fingerprint density at radius 2 is 2.00 bits per heavy atom. The van der Waals surface area contributed by atoms with Crippen LogP contribution in [-0.2, 0) is 9.84 Å². The average Bonchev–Trinajstić information content (AvgIpc) is 2.03. The van der Waals surface area contributed by atoms with E-state index < -0.39 is 9.84 Å². The van der Waals surface area contributed by atoms with Crippen LogP contribution in [0.4, 0.5) is 0 Å². The van der Waals surface area contributed by atoms with Crippen molar-refractivity contribution in [1.82, 2.24) is 0 Å². The van der Waals surface area contributed by atoms with E-state index in [1.165, 1.54) is 0 Å². The molecule has 0 amide bonds. The number of halogens is 1. The van der Waals surface area contributed by atoms with E-state index in [4.69, 9.17) is 11.6 Å². The van der Waals surface area contributed by atoms with Gasteiger partial charge in [-0.3, -0.25) is 0 Å². The van der Waals surface area contributed by atoms with E-state index in [1.807, 2.05) is 0 Å². The first-order valence-corrected chi connectivity index (χ1v) is 7.11. The Balaban J connectivity index is 2.58. The fourth-order valence-corrected chi connectivity index (χ4v) is 5.81. The molecule has 1 aliphatic rings. The van der Waals surface area contributed by atoms with Crippen molar-refractivity contribution in [2.45, 2.75) is 29.7 Å². The number of sulfone groups is 1. The van der Waals surface area contributed by atoms with Crippen molar-refractivity contribution in [2.75, 3.05) is 11.5 Å². The Labute approximate surface area is 83.0 Å². The molecule has 1 heterocycles. The van der Waals surface area contributed by atoms with Crippen LogP contribution >= 0.6 is 23.4 Å². The second-order valence-corrected chi connectivity index (χ2v) is 7.85. The number of rotatable bonds is 2. The van der Waals surface area contributed by atoms with Crippen molar-refractivity contribution in [2.24, 2.45) is 0 Å². The van der Waals surface area contributed by atoms with Gasteiger partial charge < -0.3 is 0 Å². The minimum absolute atomic E-state index is 0.0941. The predicted octanol–water partition coefficient (Wildman–Crippen LogP) is 1.53. The minimum atomic E-state index is -2.84. The molecule has 0 bridgehead atoms. The van der Waals surface area contributed by atoms with Gasteiger partial charge in [-0.25, -0.2) is 8.42 Å². The van der Waals surface area contributed by atoms with Crippen LogP contribution in [0, 0.1) is 0 Å². The summed E-state index contributed by atoms with van der Waals surface area (Å²) in [5.74, 6) is 0.406. The Bertz CT molecular complexity index is 248. The first-order valence-electron chi connectivity index (χ1n) is 3.90. The molecule has 5 heteroatoms. The largest absolute Gasteiger partial charge is 0.229 e. The van der Waals surface area contributed by atoms with Crippen LogP contribution in [0.5, 0.6) is 0 Å². The Hall–Kier alpha value is 0.590. The van der Waals surface area contributed by atoms with Gasteiger partial charge in [0.05, 0.1) is 16.9 Å². The first-order chi connectivity index (χ1) is 5.41. The van der Waals surface area contributed by atoms with E-state index in [1.54, 1.807) is 11.8 Å². The lowest BCUT2D eigenvalue weighted by molar-refractivity contribution is 0.602. The van der Waals surface area contributed by atoms with Crippen molar-refractivity contribution in [3.8, 4) is 0 Å². The molecule has 2 nitrogen and oxygen atoms in total. The molecule has 0 spiro atoms. The summed E-state index contributed by atoms with van der Waals surface area (Å²) >= 11 is 7.57. The molecule has 1 rings (SSSR count). The standard InChI is InChI=1S/C7H13ClO2S2/c1-5(2)11-7-4-12(9,10)3-6(7)8/h5-7H,3-4H2,1-2H3. The summed E-state index contributed by atoms with van der Waals surface area (Å²) in [6.07, 6.45) is 0. The maximum absolute atomic E-state index is 11.1. The lowest BCUT2D eigenvalue weighted by Crippen LogP contribution is -2.16. The van der Waals surface area contributed by atoms with Gasteiger partial charge in [-0.15, -0.1) is 11.6 Å². The zero-order chi connectivity index (χ0) is 9.35. The molecule has 1 saturated heterocycles. The average molecular weight is 229 g/mol. The highest BCUT2D eigenvalue weighted by molar-refractivity contribution is 8.02. The normalized spacial score (nSPS) is 34.3. The van der Waals surface area contributed by atoms with Gasteiger partial charge in [-0.05, 0) is 5.25 Å². The quantitative estimate of drug-likeness (QED) is 0.673. The van der Waals surface area contributed by atoms with E-state index >= 15 is 0 Å². The lowest BCUT2D eigenvalue weighted by Gasteiger charge is -2.13. The van der Waals surface area contributed by atoms with Gasteiger partial charge in [-0.2, -0.15) is 11.8 Å². The summed E-state index contributed by atoms with van der Waals surface area (Å²) in [5.41, 5.74) is 0. The zero-order valence-electron chi connectivity index (χ0n) is 7.16. The topological polar surface area (TPSA) is 34.1 Å². The molecule has 0 N–H and O–H groups in total. The van der Waals surface area contributed by atoms with E-state index in [0.717, 1.165) is 0 Å². The molecular weight excluding hydrogens is 216 g/mol. The van der Waals surface area contributed by atoms with Gasteiger partial charge in [-0.1, -0.05) is 13.8 Å². The summed E-state index contributed by atoms with van der Waals surface area (Å²) < 4.78 is 22.3. The van der Waals surface area contributed by atoms with Crippen LogP contribution in [0.15, 0.2) is 0 Å². The van der Waals surface area contributed by atoms with Crippen LogP contribution < -0.4 is 0 Å². The fraction of sp³-hybridized carbons (Fsp3) is 1.00. The molecule has 0 saturated carbocycles. The van der Waals surface area contributed by atoms with E-state index in [-0.39, 0.29) is 22.1 Å². The van der Waals surface area contributed by atoms with Gasteiger partial charge in [0.15, 0.2) is 9.84 Å². The number of hydrogen-bond donors (Lipinski definition) is 0. The van der Waals surface area contributed by atoms with Crippen LogP contribution in [0.3, 0.4) is 0 Å². The van der Waals surface area contributed by atoms with Crippen LogP contribution in [0.25, 0.3) is 0 Å². The van der Waals surface area contributed by atoms with Gasteiger partial charge >= 0.3 is 0 Å². The monoisotopic (exact) mass is 228 g/mol. The highest BCUT2D eigenvalue weighted by Crippen LogP contribution is 2.30. The molecule has 0 aromatic rings. The number of thioether (sulfide) groups is 1. The molecule has 0 aromatic heterocycles. The maximum Gasteiger partial charge on any atom is 0.152 e. The summed E-state index contributed by atoms with van der Waals surface area (Å²) in [7, 11) is -2.84. The van der Waals surface area contributed by atoms with Crippen molar-refractivity contribution in [3.05, 3.63) is 0 Å². The fourth-order valence-electron chi connectivity index (χ4n) is 1.25. The Kier molecular flexibility index (Phi) is 3.34. The molecule has 0 aliphatic carbocycles. The maximum atomic E-state index is 11.1. The zero-order valence-corrected chi connectivity index (χ0v) is 9.55. The Morgan fingerprint density at radius 3 is 2.33 bits per heavy atom. The number of hydrogen-bond acceptors (Lipinski definition) is 3. The summed E-state index contributed by atoms with van der Waals surface area (Å²) in [4.78, 5) is 0. The molecule has 0 aromatic carbocycles. The van der Waals surface area contributed by atoms with Gasteiger partial charge in [0.25, 0.3) is 0 Å². The molecular formula is C7H13ClO2S2. The SMILES string of the molecule is CC(C)SC1CS(=O)(=O)CC1Cl. The molecule has 2 atom stereocenters. The molecule has 72 valence electrons. The highest BCUT2D eigenvalue weighted by atomic mass is 35.5. The second kappa shape index (κ2) is 3.76. The highest BCUT2D eigenvalue weighted by Gasteiger charge is 2.36. The van der Waals surface area contributed by atoms with E-state index in [2.05, 4.69) is 13.8 Å². The van der Waals surface area contributed by atoms with Crippen LogP contribution in [0.2, 0.25) is 0 Å². The van der Waals surface area contributed by atoms with E-state index in [9.17, 15) is 8.42 Å². The third-order valence-corrected chi connectivity index (χ3v) is 5.81. The van der Waals surface area contributed by atoms with Crippen molar-refractivity contribution >= 4 is 33.2 Å². The summed E-state index contributed by atoms with van der Waals surface area (Å²) in [5, 5.41) is 0.351. The first kappa shape index (κ1) is 10.7.